The Morgan fingerprint density at radius 3 is 1.37 bits per heavy atom. The highest BCUT2D eigenvalue weighted by molar-refractivity contribution is 6.28. The quantitative estimate of drug-likeness (QED) is 0.118. The predicted octanol–water partition coefficient (Wildman–Crippen LogP) is 17.9. The lowest BCUT2D eigenvalue weighted by Crippen LogP contribution is -1.97. The van der Waals surface area contributed by atoms with Crippen LogP contribution in [-0.4, -0.2) is 9.97 Å². The van der Waals surface area contributed by atoms with E-state index in [2.05, 4.69) is 237 Å². The monoisotopic (exact) mass is 862 g/mol. The minimum atomic E-state index is 0.699. The molecule has 0 aliphatic heterocycles. The van der Waals surface area contributed by atoms with Crippen molar-refractivity contribution >= 4 is 53.9 Å². The Morgan fingerprint density at radius 2 is 0.676 bits per heavy atom. The van der Waals surface area contributed by atoms with E-state index in [1.165, 1.54) is 87.4 Å². The topological polar surface area (TPSA) is 25.8 Å². The van der Waals surface area contributed by atoms with Gasteiger partial charge in [-0.1, -0.05) is 249 Å². The Kier molecular flexibility index (Phi) is 9.54. The van der Waals surface area contributed by atoms with E-state index in [-0.39, 0.29) is 0 Å². The molecule has 0 N–H and O–H groups in total. The van der Waals surface area contributed by atoms with E-state index in [0.717, 1.165) is 39.0 Å². The molecule has 1 heterocycles. The summed E-state index contributed by atoms with van der Waals surface area (Å²) in [5, 5.41) is 12.3. The second-order valence-electron chi connectivity index (χ2n) is 17.6. The molecule has 0 spiro atoms. The van der Waals surface area contributed by atoms with Crippen LogP contribution in [0.1, 0.15) is 0 Å². The van der Waals surface area contributed by atoms with E-state index in [1.54, 1.807) is 0 Å². The normalized spacial score (nSPS) is 11.5. The van der Waals surface area contributed by atoms with Gasteiger partial charge in [-0.3, -0.25) is 0 Å². The van der Waals surface area contributed by atoms with Gasteiger partial charge in [0.2, 0.25) is 0 Å². The third-order valence-corrected chi connectivity index (χ3v) is 13.7. The molecule has 0 amide bonds. The van der Waals surface area contributed by atoms with Crippen molar-refractivity contribution in [1.29, 1.82) is 0 Å². The summed E-state index contributed by atoms with van der Waals surface area (Å²) in [5.41, 5.74) is 14.5. The van der Waals surface area contributed by atoms with Crippen molar-refractivity contribution in [2.75, 3.05) is 0 Å². The highest BCUT2D eigenvalue weighted by Crippen LogP contribution is 2.47. The molecule has 0 saturated heterocycles. The summed E-state index contributed by atoms with van der Waals surface area (Å²) in [7, 11) is 0. The number of aromatic nitrogens is 2. The second-order valence-corrected chi connectivity index (χ2v) is 17.6. The maximum atomic E-state index is 5.28. The number of rotatable bonds is 7. The summed E-state index contributed by atoms with van der Waals surface area (Å²) in [4.78, 5) is 10.5. The lowest BCUT2D eigenvalue weighted by Gasteiger charge is -2.19. The first kappa shape index (κ1) is 39.4. The Balaban J connectivity index is 0.923. The predicted molar refractivity (Wildman–Crippen MR) is 288 cm³/mol. The first-order valence-electron chi connectivity index (χ1n) is 23.3. The molecule has 13 aromatic rings. The standard InChI is InChI=1S/C66H42N2/c1-3-18-48(19-4-1)64-59-28-14-13-27-58(59)63(60-39-38-44-17-8-10-24-54(44)65(60)64)49-36-32-46(33-37-49)53-40-41-57(56-26-12-11-25-55(53)56)62-42-61(67-66(68-62)50-20-5-2-6-21-50)47-34-30-45(31-35-47)52-29-15-22-43-16-7-9-23-51(43)52/h1-42H. The molecule has 0 radical (unpaired) electrons. The van der Waals surface area contributed by atoms with Gasteiger partial charge in [-0.05, 0) is 104 Å². The summed E-state index contributed by atoms with van der Waals surface area (Å²) in [6.45, 7) is 0. The van der Waals surface area contributed by atoms with Gasteiger partial charge in [0.1, 0.15) is 0 Å². The van der Waals surface area contributed by atoms with Crippen LogP contribution in [-0.2, 0) is 0 Å². The molecule has 0 fully saturated rings. The number of fused-ring (bicyclic) bond motifs is 6. The SMILES string of the molecule is c1ccc(-c2nc(-c3ccc(-c4cccc5ccccc45)cc3)cc(-c3ccc(-c4ccc(-c5c6ccccc6c(-c6ccccc6)c6c5ccc5ccccc56)cc4)c4ccccc34)n2)cc1. The average molecular weight is 863 g/mol. The minimum Gasteiger partial charge on any atom is -0.228 e. The van der Waals surface area contributed by atoms with Crippen LogP contribution in [0, 0.1) is 0 Å². The smallest absolute Gasteiger partial charge is 0.160 e. The van der Waals surface area contributed by atoms with Crippen LogP contribution < -0.4 is 0 Å². The number of nitrogens with zero attached hydrogens (tertiary/aromatic N) is 2. The van der Waals surface area contributed by atoms with Crippen molar-refractivity contribution < 1.29 is 0 Å². The van der Waals surface area contributed by atoms with Gasteiger partial charge in [-0.15, -0.1) is 0 Å². The van der Waals surface area contributed by atoms with Crippen LogP contribution in [0.4, 0.5) is 0 Å². The first-order chi connectivity index (χ1) is 33.7. The van der Waals surface area contributed by atoms with Crippen LogP contribution in [0.3, 0.4) is 0 Å². The molecular weight excluding hydrogens is 821 g/mol. The summed E-state index contributed by atoms with van der Waals surface area (Å²) in [6.07, 6.45) is 0. The van der Waals surface area contributed by atoms with Crippen molar-refractivity contribution in [2.24, 2.45) is 0 Å². The summed E-state index contributed by atoms with van der Waals surface area (Å²) >= 11 is 0. The number of hydrogen-bond acceptors (Lipinski definition) is 2. The van der Waals surface area contributed by atoms with Crippen LogP contribution in [0.5, 0.6) is 0 Å². The molecule has 2 nitrogen and oxygen atoms in total. The number of benzene rings is 12. The van der Waals surface area contributed by atoms with Crippen LogP contribution >= 0.6 is 0 Å². The maximum Gasteiger partial charge on any atom is 0.160 e. The van der Waals surface area contributed by atoms with Gasteiger partial charge in [0, 0.05) is 16.7 Å². The Labute approximate surface area is 395 Å². The molecule has 12 aromatic carbocycles. The van der Waals surface area contributed by atoms with Crippen molar-refractivity contribution in [2.45, 2.75) is 0 Å². The fourth-order valence-corrected chi connectivity index (χ4v) is 10.5. The fraction of sp³-hybridized carbons (Fsp3) is 0. The largest absolute Gasteiger partial charge is 0.228 e. The van der Waals surface area contributed by atoms with Gasteiger partial charge >= 0.3 is 0 Å². The zero-order valence-corrected chi connectivity index (χ0v) is 37.1. The van der Waals surface area contributed by atoms with E-state index >= 15 is 0 Å². The van der Waals surface area contributed by atoms with Crippen molar-refractivity contribution in [3.8, 4) is 78.4 Å². The lowest BCUT2D eigenvalue weighted by molar-refractivity contribution is 1.18. The molecule has 68 heavy (non-hydrogen) atoms. The van der Waals surface area contributed by atoms with Gasteiger partial charge in [0.05, 0.1) is 11.4 Å². The zero-order valence-electron chi connectivity index (χ0n) is 37.1. The molecule has 316 valence electrons. The van der Waals surface area contributed by atoms with E-state index in [1.807, 2.05) is 18.2 Å². The fourth-order valence-electron chi connectivity index (χ4n) is 10.5. The molecule has 0 aliphatic carbocycles. The molecule has 1 aromatic heterocycles. The molecule has 0 saturated carbocycles. The first-order valence-corrected chi connectivity index (χ1v) is 23.3. The van der Waals surface area contributed by atoms with Crippen LogP contribution in [0.15, 0.2) is 255 Å². The molecular formula is C66H42N2. The van der Waals surface area contributed by atoms with Crippen molar-refractivity contribution in [1.82, 2.24) is 9.97 Å². The molecule has 2 heteroatoms. The van der Waals surface area contributed by atoms with E-state index in [0.29, 0.717) is 5.82 Å². The summed E-state index contributed by atoms with van der Waals surface area (Å²) < 4.78 is 0. The minimum absolute atomic E-state index is 0.699. The average Bonchev–Trinajstić information content (AvgIpc) is 3.42. The Hall–Kier alpha value is -8.98. The summed E-state index contributed by atoms with van der Waals surface area (Å²) in [6, 6.07) is 91.9. The number of hydrogen-bond donors (Lipinski definition) is 0. The van der Waals surface area contributed by atoms with E-state index in [4.69, 9.17) is 9.97 Å². The highest BCUT2D eigenvalue weighted by Gasteiger charge is 2.20. The van der Waals surface area contributed by atoms with Gasteiger partial charge in [0.25, 0.3) is 0 Å². The third-order valence-electron chi connectivity index (χ3n) is 13.7. The van der Waals surface area contributed by atoms with Gasteiger partial charge in [0.15, 0.2) is 5.82 Å². The summed E-state index contributed by atoms with van der Waals surface area (Å²) in [5.74, 6) is 0.699. The van der Waals surface area contributed by atoms with Crippen molar-refractivity contribution in [3.05, 3.63) is 255 Å². The highest BCUT2D eigenvalue weighted by atomic mass is 14.9. The Bertz CT molecular complexity index is 4040. The Morgan fingerprint density at radius 1 is 0.221 bits per heavy atom. The third kappa shape index (κ3) is 6.73. The van der Waals surface area contributed by atoms with Crippen LogP contribution in [0.25, 0.3) is 132 Å². The van der Waals surface area contributed by atoms with Gasteiger partial charge in [-0.25, -0.2) is 9.97 Å². The van der Waals surface area contributed by atoms with Gasteiger partial charge in [-0.2, -0.15) is 0 Å². The molecule has 13 rings (SSSR count). The zero-order chi connectivity index (χ0) is 45.0. The van der Waals surface area contributed by atoms with Crippen LogP contribution in [0.2, 0.25) is 0 Å². The molecule has 0 unspecified atom stereocenters. The molecule has 0 atom stereocenters. The lowest BCUT2D eigenvalue weighted by atomic mass is 9.83. The maximum absolute atomic E-state index is 5.28. The van der Waals surface area contributed by atoms with E-state index in [9.17, 15) is 0 Å². The van der Waals surface area contributed by atoms with Crippen molar-refractivity contribution in [3.63, 3.8) is 0 Å². The van der Waals surface area contributed by atoms with E-state index < -0.39 is 0 Å². The molecule has 0 bridgehead atoms. The molecule has 0 aliphatic rings. The second kappa shape index (κ2) is 16.5. The van der Waals surface area contributed by atoms with Gasteiger partial charge < -0.3 is 0 Å².